The monoisotopic (exact) mass is 411 g/mol. The number of anilines is 2. The molecule has 1 aliphatic rings. The Morgan fingerprint density at radius 3 is 2.67 bits per heavy atom. The van der Waals surface area contributed by atoms with Crippen LogP contribution in [0.15, 0.2) is 39.9 Å². The van der Waals surface area contributed by atoms with Crippen LogP contribution in [-0.2, 0) is 14.8 Å². The SMILES string of the molecule is CN(CC(=O)Nc1cc(F)ccc1N1CCCCC1)S(=O)(=O)c1cccs1. The van der Waals surface area contributed by atoms with E-state index in [-0.39, 0.29) is 10.8 Å². The molecule has 1 aromatic carbocycles. The molecule has 2 aromatic rings. The molecule has 6 nitrogen and oxygen atoms in total. The summed E-state index contributed by atoms with van der Waals surface area (Å²) in [7, 11) is -2.36. The number of amides is 1. The molecule has 0 spiro atoms. The Bertz CT molecular complexity index is 895. The van der Waals surface area contributed by atoms with E-state index in [1.54, 1.807) is 17.5 Å². The number of likely N-dealkylation sites (N-methyl/N-ethyl adjacent to an activating group) is 1. The molecule has 146 valence electrons. The highest BCUT2D eigenvalue weighted by atomic mass is 32.2. The number of halogens is 1. The number of sulfonamides is 1. The molecule has 0 bridgehead atoms. The molecule has 9 heteroatoms. The summed E-state index contributed by atoms with van der Waals surface area (Å²) in [4.78, 5) is 14.5. The number of carbonyl (C=O) groups is 1. The highest BCUT2D eigenvalue weighted by Crippen LogP contribution is 2.29. The molecule has 3 rings (SSSR count). The second-order valence-corrected chi connectivity index (χ2v) is 9.67. The first kappa shape index (κ1) is 19.8. The summed E-state index contributed by atoms with van der Waals surface area (Å²) < 4.78 is 39.8. The summed E-state index contributed by atoms with van der Waals surface area (Å²) in [6.07, 6.45) is 3.25. The zero-order valence-electron chi connectivity index (χ0n) is 15.0. The minimum absolute atomic E-state index is 0.178. The number of rotatable bonds is 6. The molecular formula is C18H22FN3O3S2. The average molecular weight is 412 g/mol. The van der Waals surface area contributed by atoms with Gasteiger partial charge in [0.15, 0.2) is 0 Å². The molecule has 27 heavy (non-hydrogen) atoms. The lowest BCUT2D eigenvalue weighted by Crippen LogP contribution is -2.35. The van der Waals surface area contributed by atoms with Crippen LogP contribution in [0.4, 0.5) is 15.8 Å². The predicted molar refractivity (Wildman–Crippen MR) is 105 cm³/mol. The topological polar surface area (TPSA) is 69.7 Å². The van der Waals surface area contributed by atoms with Gasteiger partial charge in [0.25, 0.3) is 10.0 Å². The maximum Gasteiger partial charge on any atom is 0.252 e. The molecular weight excluding hydrogens is 389 g/mol. The fourth-order valence-electron chi connectivity index (χ4n) is 3.06. The fraction of sp³-hybridized carbons (Fsp3) is 0.389. The van der Waals surface area contributed by atoms with Crippen LogP contribution in [0.3, 0.4) is 0 Å². The number of thiophene rings is 1. The normalized spacial score (nSPS) is 15.1. The zero-order chi connectivity index (χ0) is 19.4. The zero-order valence-corrected chi connectivity index (χ0v) is 16.7. The lowest BCUT2D eigenvalue weighted by Gasteiger charge is -2.30. The molecule has 1 fully saturated rings. The number of benzene rings is 1. The Labute approximate surface area is 162 Å². The number of hydrogen-bond donors (Lipinski definition) is 1. The van der Waals surface area contributed by atoms with Crippen molar-refractivity contribution in [1.29, 1.82) is 0 Å². The van der Waals surface area contributed by atoms with Gasteiger partial charge >= 0.3 is 0 Å². The first-order valence-electron chi connectivity index (χ1n) is 8.72. The maximum atomic E-state index is 13.7. The summed E-state index contributed by atoms with van der Waals surface area (Å²) >= 11 is 1.09. The number of nitrogens with zero attached hydrogens (tertiary/aromatic N) is 2. The third kappa shape index (κ3) is 4.66. The highest BCUT2D eigenvalue weighted by molar-refractivity contribution is 7.91. The first-order valence-corrected chi connectivity index (χ1v) is 11.0. The van der Waals surface area contributed by atoms with E-state index in [4.69, 9.17) is 0 Å². The van der Waals surface area contributed by atoms with Crippen molar-refractivity contribution in [3.63, 3.8) is 0 Å². The van der Waals surface area contributed by atoms with Crippen LogP contribution in [-0.4, -0.2) is 45.3 Å². The minimum Gasteiger partial charge on any atom is -0.370 e. The molecule has 0 unspecified atom stereocenters. The van der Waals surface area contributed by atoms with E-state index in [0.29, 0.717) is 5.69 Å². The van der Waals surface area contributed by atoms with Gasteiger partial charge in [0.2, 0.25) is 5.91 Å². The van der Waals surface area contributed by atoms with Crippen molar-refractivity contribution in [3.8, 4) is 0 Å². The van der Waals surface area contributed by atoms with Gasteiger partial charge in [-0.15, -0.1) is 11.3 Å². The number of nitrogens with one attached hydrogen (secondary N) is 1. The Morgan fingerprint density at radius 1 is 1.26 bits per heavy atom. The van der Waals surface area contributed by atoms with Crippen LogP contribution in [0.25, 0.3) is 0 Å². The molecule has 0 radical (unpaired) electrons. The number of carbonyl (C=O) groups excluding carboxylic acids is 1. The summed E-state index contributed by atoms with van der Waals surface area (Å²) in [6.45, 7) is 1.35. The van der Waals surface area contributed by atoms with E-state index in [1.807, 2.05) is 0 Å². The van der Waals surface area contributed by atoms with Crippen molar-refractivity contribution in [2.45, 2.75) is 23.5 Å². The molecule has 1 amide bonds. The van der Waals surface area contributed by atoms with E-state index in [1.165, 1.54) is 25.2 Å². The van der Waals surface area contributed by atoms with Crippen molar-refractivity contribution in [3.05, 3.63) is 41.5 Å². The Hall–Kier alpha value is -1.97. The second-order valence-electron chi connectivity index (χ2n) is 6.45. The number of piperidine rings is 1. The van der Waals surface area contributed by atoms with Gasteiger partial charge < -0.3 is 10.2 Å². The van der Waals surface area contributed by atoms with Crippen LogP contribution in [0.2, 0.25) is 0 Å². The van der Waals surface area contributed by atoms with E-state index in [2.05, 4.69) is 10.2 Å². The molecule has 1 aromatic heterocycles. The van der Waals surface area contributed by atoms with Crippen LogP contribution in [0, 0.1) is 5.82 Å². The summed E-state index contributed by atoms with van der Waals surface area (Å²) in [5.41, 5.74) is 1.12. The third-order valence-electron chi connectivity index (χ3n) is 4.46. The Kier molecular flexibility index (Phi) is 6.13. The van der Waals surface area contributed by atoms with Gasteiger partial charge in [-0.05, 0) is 48.9 Å². The molecule has 1 saturated heterocycles. The smallest absolute Gasteiger partial charge is 0.252 e. The van der Waals surface area contributed by atoms with Crippen LogP contribution < -0.4 is 10.2 Å². The standard InChI is InChI=1S/C18H22FN3O3S2/c1-21(27(24,25)18-6-5-11-26-18)13-17(23)20-15-12-14(19)7-8-16(15)22-9-3-2-4-10-22/h5-8,11-12H,2-4,9-10,13H2,1H3,(H,20,23). The van der Waals surface area contributed by atoms with Crippen molar-refractivity contribution < 1.29 is 17.6 Å². The minimum atomic E-state index is -3.72. The molecule has 2 heterocycles. The Morgan fingerprint density at radius 2 is 2.00 bits per heavy atom. The van der Waals surface area contributed by atoms with Crippen molar-refractivity contribution >= 4 is 38.6 Å². The fourth-order valence-corrected chi connectivity index (χ4v) is 5.39. The summed E-state index contributed by atoms with van der Waals surface area (Å²) in [5, 5.41) is 4.34. The van der Waals surface area contributed by atoms with E-state index >= 15 is 0 Å². The van der Waals surface area contributed by atoms with Gasteiger partial charge in [-0.1, -0.05) is 6.07 Å². The quantitative estimate of drug-likeness (QED) is 0.793. The van der Waals surface area contributed by atoms with Crippen molar-refractivity contribution in [2.24, 2.45) is 0 Å². The van der Waals surface area contributed by atoms with Crippen molar-refractivity contribution in [1.82, 2.24) is 4.31 Å². The van der Waals surface area contributed by atoms with Gasteiger partial charge in [0.1, 0.15) is 10.0 Å². The summed E-state index contributed by atoms with van der Waals surface area (Å²) in [6, 6.07) is 7.43. The lowest BCUT2D eigenvalue weighted by molar-refractivity contribution is -0.116. The van der Waals surface area contributed by atoms with Gasteiger partial charge in [0, 0.05) is 20.1 Å². The molecule has 0 saturated carbocycles. The largest absolute Gasteiger partial charge is 0.370 e. The lowest BCUT2D eigenvalue weighted by atomic mass is 10.1. The highest BCUT2D eigenvalue weighted by Gasteiger charge is 2.24. The van der Waals surface area contributed by atoms with Crippen LogP contribution in [0.1, 0.15) is 19.3 Å². The first-order chi connectivity index (χ1) is 12.9. The van der Waals surface area contributed by atoms with E-state index in [9.17, 15) is 17.6 Å². The molecule has 1 aliphatic heterocycles. The van der Waals surface area contributed by atoms with E-state index in [0.717, 1.165) is 53.7 Å². The predicted octanol–water partition coefficient (Wildman–Crippen LogP) is 3.14. The third-order valence-corrected chi connectivity index (χ3v) is 7.63. The van der Waals surface area contributed by atoms with Gasteiger partial charge in [-0.25, -0.2) is 12.8 Å². The van der Waals surface area contributed by atoms with E-state index < -0.39 is 21.7 Å². The molecule has 1 N–H and O–H groups in total. The number of hydrogen-bond acceptors (Lipinski definition) is 5. The average Bonchev–Trinajstić information content (AvgIpc) is 3.18. The second kappa shape index (κ2) is 8.37. The van der Waals surface area contributed by atoms with Gasteiger partial charge in [-0.2, -0.15) is 4.31 Å². The van der Waals surface area contributed by atoms with Gasteiger partial charge in [-0.3, -0.25) is 4.79 Å². The van der Waals surface area contributed by atoms with Crippen LogP contribution >= 0.6 is 11.3 Å². The van der Waals surface area contributed by atoms with Crippen molar-refractivity contribution in [2.75, 3.05) is 36.9 Å². The Balaban J connectivity index is 1.73. The maximum absolute atomic E-state index is 13.7. The van der Waals surface area contributed by atoms with Gasteiger partial charge in [0.05, 0.1) is 17.9 Å². The molecule has 0 aliphatic carbocycles. The molecule has 0 atom stereocenters. The van der Waals surface area contributed by atoms with Crippen LogP contribution in [0.5, 0.6) is 0 Å². The summed E-state index contributed by atoms with van der Waals surface area (Å²) in [5.74, 6) is -0.966.